The van der Waals surface area contributed by atoms with Crippen LogP contribution in [0.25, 0.3) is 0 Å². The smallest absolute Gasteiger partial charge is 0.159 e. The summed E-state index contributed by atoms with van der Waals surface area (Å²) in [7, 11) is 0. The van der Waals surface area contributed by atoms with E-state index in [1.807, 2.05) is 6.07 Å². The maximum atomic E-state index is 11.0. The molecule has 1 heterocycles. The predicted molar refractivity (Wildman–Crippen MR) is 59.5 cm³/mol. The minimum atomic E-state index is 0.0568. The van der Waals surface area contributed by atoms with Gasteiger partial charge < -0.3 is 9.15 Å². The predicted octanol–water partition coefficient (Wildman–Crippen LogP) is 3.06. The van der Waals surface area contributed by atoms with Gasteiger partial charge in [0.2, 0.25) is 0 Å². The van der Waals surface area contributed by atoms with Crippen LogP contribution in [0.2, 0.25) is 0 Å². The lowest BCUT2D eigenvalue weighted by Crippen LogP contribution is -1.95. The molecule has 3 nitrogen and oxygen atoms in total. The number of ether oxygens (including phenoxy) is 1. The standard InChI is InChI=1S/C13H12O3/c1-10(14)12-2-4-13(5-3-12)16-9-11-6-7-15-8-11/h2-8H,9H2,1H3. The Labute approximate surface area is 93.7 Å². The molecule has 2 aromatic rings. The van der Waals surface area contributed by atoms with Crippen LogP contribution in [0.4, 0.5) is 0 Å². The molecule has 0 fully saturated rings. The lowest BCUT2D eigenvalue weighted by atomic mass is 10.1. The number of carbonyl (C=O) groups is 1. The fourth-order valence-corrected chi connectivity index (χ4v) is 1.33. The van der Waals surface area contributed by atoms with Crippen molar-refractivity contribution in [3.8, 4) is 5.75 Å². The Kier molecular flexibility index (Phi) is 3.05. The first-order valence-corrected chi connectivity index (χ1v) is 5.00. The van der Waals surface area contributed by atoms with E-state index in [2.05, 4.69) is 0 Å². The van der Waals surface area contributed by atoms with Gasteiger partial charge in [0.15, 0.2) is 5.78 Å². The minimum absolute atomic E-state index is 0.0568. The largest absolute Gasteiger partial charge is 0.489 e. The van der Waals surface area contributed by atoms with Crippen LogP contribution in [-0.2, 0) is 6.61 Å². The van der Waals surface area contributed by atoms with Gasteiger partial charge in [-0.25, -0.2) is 0 Å². The van der Waals surface area contributed by atoms with Crippen LogP contribution in [-0.4, -0.2) is 5.78 Å². The van der Waals surface area contributed by atoms with Crippen LogP contribution in [0, 0.1) is 0 Å². The molecule has 1 aromatic heterocycles. The summed E-state index contributed by atoms with van der Waals surface area (Å²) in [5.74, 6) is 0.799. The third-order valence-electron chi connectivity index (χ3n) is 2.25. The van der Waals surface area contributed by atoms with Crippen LogP contribution >= 0.6 is 0 Å². The molecule has 0 saturated carbocycles. The number of rotatable bonds is 4. The summed E-state index contributed by atoms with van der Waals surface area (Å²) in [6.07, 6.45) is 3.25. The van der Waals surface area contributed by atoms with Crippen molar-refractivity contribution in [3.63, 3.8) is 0 Å². The molecule has 0 atom stereocenters. The molecule has 0 radical (unpaired) electrons. The molecule has 82 valence electrons. The monoisotopic (exact) mass is 216 g/mol. The summed E-state index contributed by atoms with van der Waals surface area (Å²) < 4.78 is 10.4. The maximum Gasteiger partial charge on any atom is 0.159 e. The minimum Gasteiger partial charge on any atom is -0.489 e. The fraction of sp³-hybridized carbons (Fsp3) is 0.154. The van der Waals surface area contributed by atoms with Gasteiger partial charge in [-0.3, -0.25) is 4.79 Å². The first kappa shape index (κ1) is 10.5. The first-order valence-electron chi connectivity index (χ1n) is 5.00. The molecule has 0 amide bonds. The first-order chi connectivity index (χ1) is 7.75. The summed E-state index contributed by atoms with van der Waals surface area (Å²) in [5.41, 5.74) is 1.67. The number of benzene rings is 1. The molecule has 0 bridgehead atoms. The number of hydrogen-bond donors (Lipinski definition) is 0. The molecule has 0 aliphatic heterocycles. The number of ketones is 1. The van der Waals surface area contributed by atoms with E-state index in [4.69, 9.17) is 9.15 Å². The second-order valence-corrected chi connectivity index (χ2v) is 3.50. The molecule has 0 saturated heterocycles. The highest BCUT2D eigenvalue weighted by atomic mass is 16.5. The summed E-state index contributed by atoms with van der Waals surface area (Å²) in [6, 6.07) is 8.94. The number of hydrogen-bond acceptors (Lipinski definition) is 3. The molecular formula is C13H12O3. The Hall–Kier alpha value is -2.03. The molecule has 1 aromatic carbocycles. The summed E-state index contributed by atoms with van der Waals surface area (Å²) in [4.78, 5) is 11.0. The normalized spacial score (nSPS) is 10.1. The maximum absolute atomic E-state index is 11.0. The van der Waals surface area contributed by atoms with Crippen LogP contribution < -0.4 is 4.74 Å². The second kappa shape index (κ2) is 4.66. The average Bonchev–Trinajstić information content (AvgIpc) is 2.80. The highest BCUT2D eigenvalue weighted by Gasteiger charge is 2.00. The molecule has 0 N–H and O–H groups in total. The Balaban J connectivity index is 1.98. The lowest BCUT2D eigenvalue weighted by molar-refractivity contribution is 0.101. The van der Waals surface area contributed by atoms with Gasteiger partial charge in [-0.1, -0.05) is 0 Å². The third kappa shape index (κ3) is 2.51. The summed E-state index contributed by atoms with van der Waals surface area (Å²) in [6.45, 7) is 2.01. The highest BCUT2D eigenvalue weighted by molar-refractivity contribution is 5.94. The van der Waals surface area contributed by atoms with Gasteiger partial charge in [0, 0.05) is 11.1 Å². The molecule has 3 heteroatoms. The molecule has 0 aliphatic carbocycles. The number of furan rings is 1. The van der Waals surface area contributed by atoms with E-state index < -0.39 is 0 Å². The SMILES string of the molecule is CC(=O)c1ccc(OCc2ccoc2)cc1. The van der Waals surface area contributed by atoms with E-state index in [0.29, 0.717) is 12.2 Å². The number of carbonyl (C=O) groups excluding carboxylic acids is 1. The van der Waals surface area contributed by atoms with Crippen molar-refractivity contribution >= 4 is 5.78 Å². The summed E-state index contributed by atoms with van der Waals surface area (Å²) in [5, 5.41) is 0. The fourth-order valence-electron chi connectivity index (χ4n) is 1.33. The Morgan fingerprint density at radius 2 is 2.00 bits per heavy atom. The van der Waals surface area contributed by atoms with Crippen LogP contribution in [0.15, 0.2) is 47.3 Å². The average molecular weight is 216 g/mol. The van der Waals surface area contributed by atoms with Crippen LogP contribution in [0.3, 0.4) is 0 Å². The number of Topliss-reactive ketones (excluding diaryl/α,β-unsaturated/α-hetero) is 1. The Morgan fingerprint density at radius 1 is 1.25 bits per heavy atom. The molecular weight excluding hydrogens is 204 g/mol. The van der Waals surface area contributed by atoms with Crippen molar-refractivity contribution in [3.05, 3.63) is 54.0 Å². The van der Waals surface area contributed by atoms with Crippen molar-refractivity contribution in [2.75, 3.05) is 0 Å². The quantitative estimate of drug-likeness (QED) is 0.737. The lowest BCUT2D eigenvalue weighted by Gasteiger charge is -2.04. The van der Waals surface area contributed by atoms with Crippen molar-refractivity contribution in [1.82, 2.24) is 0 Å². The van der Waals surface area contributed by atoms with Gasteiger partial charge in [0.25, 0.3) is 0 Å². The highest BCUT2D eigenvalue weighted by Crippen LogP contribution is 2.14. The molecule has 0 aliphatic rings. The Morgan fingerprint density at radius 3 is 2.56 bits per heavy atom. The van der Waals surface area contributed by atoms with E-state index >= 15 is 0 Å². The van der Waals surface area contributed by atoms with Gasteiger partial charge in [-0.05, 0) is 37.3 Å². The van der Waals surface area contributed by atoms with Gasteiger partial charge in [0.05, 0.1) is 12.5 Å². The Bertz CT molecular complexity index is 454. The van der Waals surface area contributed by atoms with Crippen molar-refractivity contribution in [2.24, 2.45) is 0 Å². The van der Waals surface area contributed by atoms with Crippen molar-refractivity contribution < 1.29 is 13.9 Å². The van der Waals surface area contributed by atoms with Gasteiger partial charge >= 0.3 is 0 Å². The van der Waals surface area contributed by atoms with Gasteiger partial charge in [-0.15, -0.1) is 0 Å². The zero-order valence-corrected chi connectivity index (χ0v) is 8.97. The van der Waals surface area contributed by atoms with Gasteiger partial charge in [-0.2, -0.15) is 0 Å². The van der Waals surface area contributed by atoms with E-state index in [0.717, 1.165) is 11.3 Å². The van der Waals surface area contributed by atoms with Crippen LogP contribution in [0.5, 0.6) is 5.75 Å². The van der Waals surface area contributed by atoms with E-state index in [1.54, 1.807) is 43.7 Å². The van der Waals surface area contributed by atoms with Crippen LogP contribution in [0.1, 0.15) is 22.8 Å². The van der Waals surface area contributed by atoms with E-state index in [-0.39, 0.29) is 5.78 Å². The van der Waals surface area contributed by atoms with E-state index in [9.17, 15) is 4.79 Å². The zero-order valence-electron chi connectivity index (χ0n) is 8.97. The molecule has 2 rings (SSSR count). The molecule has 0 unspecified atom stereocenters. The van der Waals surface area contributed by atoms with Crippen molar-refractivity contribution in [1.29, 1.82) is 0 Å². The summed E-state index contributed by atoms with van der Waals surface area (Å²) >= 11 is 0. The molecule has 16 heavy (non-hydrogen) atoms. The van der Waals surface area contributed by atoms with Crippen molar-refractivity contribution in [2.45, 2.75) is 13.5 Å². The third-order valence-corrected chi connectivity index (χ3v) is 2.25. The second-order valence-electron chi connectivity index (χ2n) is 3.50. The van der Waals surface area contributed by atoms with Gasteiger partial charge in [0.1, 0.15) is 12.4 Å². The van der Waals surface area contributed by atoms with E-state index in [1.165, 1.54) is 0 Å². The molecule has 0 spiro atoms. The zero-order chi connectivity index (χ0) is 11.4. The topological polar surface area (TPSA) is 39.4 Å².